The Morgan fingerprint density at radius 2 is 1.77 bits per heavy atom. The first kappa shape index (κ1) is 20.0. The van der Waals surface area contributed by atoms with E-state index in [0.717, 1.165) is 28.9 Å². The van der Waals surface area contributed by atoms with Gasteiger partial charge in [0.25, 0.3) is 5.91 Å². The van der Waals surface area contributed by atoms with Crippen molar-refractivity contribution in [2.45, 2.75) is 59.9 Å². The third-order valence-electron chi connectivity index (χ3n) is 4.83. The molecule has 0 heterocycles. The highest BCUT2D eigenvalue weighted by molar-refractivity contribution is 5.78. The number of aryl methyl sites for hydroxylation is 3. The molecule has 0 aliphatic heterocycles. The molecule has 0 aliphatic rings. The van der Waals surface area contributed by atoms with Crippen molar-refractivity contribution in [2.24, 2.45) is 0 Å². The summed E-state index contributed by atoms with van der Waals surface area (Å²) in [6.07, 6.45) is 0.843. The number of hydrogen-bond acceptors (Lipinski definition) is 2. The molecule has 0 radical (unpaired) electrons. The van der Waals surface area contributed by atoms with Gasteiger partial charge in [0, 0.05) is 0 Å². The summed E-state index contributed by atoms with van der Waals surface area (Å²) in [4.78, 5) is 12.4. The molecule has 2 rings (SSSR count). The third-order valence-corrected chi connectivity index (χ3v) is 4.83. The fourth-order valence-electron chi connectivity index (χ4n) is 3.03. The summed E-state index contributed by atoms with van der Waals surface area (Å²) in [5, 5.41) is 3.10. The standard InChI is InChI=1S/C23H31NO2/c1-7-21(19-10-9-17(5)18(6)13-19)24-23(25)14-26-22-12-16(4)8-11-20(22)15(2)3/h8-13,15,21H,7,14H2,1-6H3,(H,24,25)/t21-/m0/s1. The number of carbonyl (C=O) groups excluding carboxylic acids is 1. The molecule has 0 spiro atoms. The molecule has 1 N–H and O–H groups in total. The quantitative estimate of drug-likeness (QED) is 0.725. The average Bonchev–Trinajstić information content (AvgIpc) is 2.60. The Hall–Kier alpha value is -2.29. The van der Waals surface area contributed by atoms with Gasteiger partial charge < -0.3 is 10.1 Å². The lowest BCUT2D eigenvalue weighted by Gasteiger charge is -2.20. The molecular weight excluding hydrogens is 322 g/mol. The van der Waals surface area contributed by atoms with Crippen LogP contribution in [0.4, 0.5) is 0 Å². The molecule has 0 bridgehead atoms. The Bertz CT molecular complexity index is 765. The molecule has 3 nitrogen and oxygen atoms in total. The monoisotopic (exact) mass is 353 g/mol. The van der Waals surface area contributed by atoms with E-state index in [4.69, 9.17) is 4.74 Å². The number of hydrogen-bond donors (Lipinski definition) is 1. The van der Waals surface area contributed by atoms with E-state index in [-0.39, 0.29) is 18.6 Å². The number of nitrogens with one attached hydrogen (secondary N) is 1. The van der Waals surface area contributed by atoms with Crippen molar-refractivity contribution in [1.82, 2.24) is 5.32 Å². The Balaban J connectivity index is 2.03. The van der Waals surface area contributed by atoms with Gasteiger partial charge in [0.05, 0.1) is 6.04 Å². The summed E-state index contributed by atoms with van der Waals surface area (Å²) in [7, 11) is 0. The Kier molecular flexibility index (Phi) is 6.84. The highest BCUT2D eigenvalue weighted by atomic mass is 16.5. The molecule has 140 valence electrons. The summed E-state index contributed by atoms with van der Waals surface area (Å²) in [6.45, 7) is 12.6. The van der Waals surface area contributed by atoms with Crippen molar-refractivity contribution in [3.63, 3.8) is 0 Å². The lowest BCUT2D eigenvalue weighted by atomic mass is 9.99. The van der Waals surface area contributed by atoms with E-state index < -0.39 is 0 Å². The molecule has 2 aromatic rings. The number of benzene rings is 2. The third kappa shape index (κ3) is 5.10. The lowest BCUT2D eigenvalue weighted by molar-refractivity contribution is -0.123. The van der Waals surface area contributed by atoms with E-state index in [9.17, 15) is 4.79 Å². The molecule has 0 saturated heterocycles. The maximum atomic E-state index is 12.4. The van der Waals surface area contributed by atoms with Crippen LogP contribution >= 0.6 is 0 Å². The van der Waals surface area contributed by atoms with Crippen molar-refractivity contribution < 1.29 is 9.53 Å². The van der Waals surface area contributed by atoms with Crippen molar-refractivity contribution in [3.8, 4) is 5.75 Å². The van der Waals surface area contributed by atoms with Gasteiger partial charge in [-0.3, -0.25) is 4.79 Å². The lowest BCUT2D eigenvalue weighted by Crippen LogP contribution is -2.32. The maximum absolute atomic E-state index is 12.4. The van der Waals surface area contributed by atoms with Crippen molar-refractivity contribution >= 4 is 5.91 Å². The summed E-state index contributed by atoms with van der Waals surface area (Å²) in [6, 6.07) is 12.5. The molecule has 0 fully saturated rings. The predicted molar refractivity (Wildman–Crippen MR) is 108 cm³/mol. The molecule has 1 atom stereocenters. The van der Waals surface area contributed by atoms with Crippen LogP contribution in [0.15, 0.2) is 36.4 Å². The summed E-state index contributed by atoms with van der Waals surface area (Å²) < 4.78 is 5.85. The van der Waals surface area contributed by atoms with E-state index in [0.29, 0.717) is 5.92 Å². The molecule has 0 unspecified atom stereocenters. The predicted octanol–water partition coefficient (Wildman–Crippen LogP) is 5.38. The number of amides is 1. The van der Waals surface area contributed by atoms with Gasteiger partial charge >= 0.3 is 0 Å². The fraction of sp³-hybridized carbons (Fsp3) is 0.435. The van der Waals surface area contributed by atoms with Crippen molar-refractivity contribution in [1.29, 1.82) is 0 Å². The van der Waals surface area contributed by atoms with Crippen LogP contribution in [-0.2, 0) is 4.79 Å². The smallest absolute Gasteiger partial charge is 0.258 e. The largest absolute Gasteiger partial charge is 0.483 e. The first-order valence-electron chi connectivity index (χ1n) is 9.41. The van der Waals surface area contributed by atoms with Crippen LogP contribution in [0.25, 0.3) is 0 Å². The molecule has 0 saturated carbocycles. The number of carbonyl (C=O) groups is 1. The van der Waals surface area contributed by atoms with Gasteiger partial charge in [0.15, 0.2) is 6.61 Å². The maximum Gasteiger partial charge on any atom is 0.258 e. The second kappa shape index (κ2) is 8.88. The zero-order valence-electron chi connectivity index (χ0n) is 16.8. The summed E-state index contributed by atoms with van der Waals surface area (Å²) in [5.41, 5.74) is 5.91. The molecule has 26 heavy (non-hydrogen) atoms. The summed E-state index contributed by atoms with van der Waals surface area (Å²) >= 11 is 0. The molecule has 2 aromatic carbocycles. The van der Waals surface area contributed by atoms with Gasteiger partial charge in [-0.05, 0) is 67.0 Å². The summed E-state index contributed by atoms with van der Waals surface area (Å²) in [5.74, 6) is 1.06. The van der Waals surface area contributed by atoms with Crippen LogP contribution in [-0.4, -0.2) is 12.5 Å². The average molecular weight is 354 g/mol. The van der Waals surface area contributed by atoms with Gasteiger partial charge in [-0.2, -0.15) is 0 Å². The van der Waals surface area contributed by atoms with Gasteiger partial charge in [0.1, 0.15) is 5.75 Å². The van der Waals surface area contributed by atoms with Crippen LogP contribution in [0.3, 0.4) is 0 Å². The van der Waals surface area contributed by atoms with Crippen LogP contribution in [0.5, 0.6) is 5.75 Å². The Labute approximate surface area is 157 Å². The minimum atomic E-state index is -0.0914. The van der Waals surface area contributed by atoms with Crippen molar-refractivity contribution in [2.75, 3.05) is 6.61 Å². The van der Waals surface area contributed by atoms with Gasteiger partial charge in [-0.25, -0.2) is 0 Å². The molecule has 1 amide bonds. The number of rotatable bonds is 7. The fourth-order valence-corrected chi connectivity index (χ4v) is 3.03. The van der Waals surface area contributed by atoms with E-state index in [1.54, 1.807) is 0 Å². The van der Waals surface area contributed by atoms with Crippen LogP contribution in [0.2, 0.25) is 0 Å². The van der Waals surface area contributed by atoms with Crippen LogP contribution in [0.1, 0.15) is 67.0 Å². The second-order valence-electron chi connectivity index (χ2n) is 7.36. The second-order valence-corrected chi connectivity index (χ2v) is 7.36. The SMILES string of the molecule is CC[C@H](NC(=O)COc1cc(C)ccc1C(C)C)c1ccc(C)c(C)c1. The molecular formula is C23H31NO2. The molecule has 0 aromatic heterocycles. The zero-order chi connectivity index (χ0) is 19.3. The number of ether oxygens (including phenoxy) is 1. The Morgan fingerprint density at radius 3 is 2.38 bits per heavy atom. The topological polar surface area (TPSA) is 38.3 Å². The normalized spacial score (nSPS) is 12.1. The first-order valence-corrected chi connectivity index (χ1v) is 9.41. The van der Waals surface area contributed by atoms with Gasteiger partial charge in [0.2, 0.25) is 0 Å². The van der Waals surface area contributed by atoms with E-state index in [1.807, 2.05) is 13.0 Å². The van der Waals surface area contributed by atoms with E-state index >= 15 is 0 Å². The minimum Gasteiger partial charge on any atom is -0.483 e. The molecule has 3 heteroatoms. The van der Waals surface area contributed by atoms with E-state index in [2.05, 4.69) is 70.3 Å². The van der Waals surface area contributed by atoms with Gasteiger partial charge in [-0.15, -0.1) is 0 Å². The van der Waals surface area contributed by atoms with Crippen molar-refractivity contribution in [3.05, 3.63) is 64.2 Å². The van der Waals surface area contributed by atoms with Crippen LogP contribution in [0, 0.1) is 20.8 Å². The van der Waals surface area contributed by atoms with Gasteiger partial charge in [-0.1, -0.05) is 51.1 Å². The Morgan fingerprint density at radius 1 is 1.04 bits per heavy atom. The highest BCUT2D eigenvalue weighted by Gasteiger charge is 2.15. The first-order chi connectivity index (χ1) is 12.3. The highest BCUT2D eigenvalue weighted by Crippen LogP contribution is 2.27. The zero-order valence-corrected chi connectivity index (χ0v) is 16.8. The van der Waals surface area contributed by atoms with Crippen LogP contribution < -0.4 is 10.1 Å². The molecule has 0 aliphatic carbocycles. The van der Waals surface area contributed by atoms with E-state index in [1.165, 1.54) is 11.1 Å². The minimum absolute atomic E-state index is 0.00692.